The first-order valence-corrected chi connectivity index (χ1v) is 6.04. The molecule has 1 aromatic carbocycles. The molecule has 4 heteroatoms. The molecule has 0 spiro atoms. The monoisotopic (exact) mass is 255 g/mol. The fourth-order valence-corrected chi connectivity index (χ4v) is 2.68. The van der Waals surface area contributed by atoms with Crippen molar-refractivity contribution in [2.45, 2.75) is 13.0 Å². The van der Waals surface area contributed by atoms with Crippen LogP contribution in [0.5, 0.6) is 0 Å². The van der Waals surface area contributed by atoms with Crippen LogP contribution in [-0.2, 0) is 0 Å². The predicted octanol–water partition coefficient (Wildman–Crippen LogP) is 3.90. The van der Waals surface area contributed by atoms with Crippen molar-refractivity contribution in [3.05, 3.63) is 56.5 Å². The Balaban J connectivity index is 2.40. The Kier molecular flexibility index (Phi) is 3.28. The molecular formula is C12H11ClFNS. The van der Waals surface area contributed by atoms with E-state index in [0.29, 0.717) is 4.34 Å². The van der Waals surface area contributed by atoms with E-state index in [0.717, 1.165) is 16.0 Å². The summed E-state index contributed by atoms with van der Waals surface area (Å²) in [4.78, 5) is 0.943. The van der Waals surface area contributed by atoms with Crippen LogP contribution in [0.2, 0.25) is 4.34 Å². The quantitative estimate of drug-likeness (QED) is 0.866. The van der Waals surface area contributed by atoms with Crippen molar-refractivity contribution >= 4 is 22.9 Å². The molecule has 16 heavy (non-hydrogen) atoms. The number of thiophene rings is 1. The Morgan fingerprint density at radius 1 is 1.31 bits per heavy atom. The normalized spacial score (nSPS) is 12.8. The second-order valence-corrected chi connectivity index (χ2v) is 5.37. The van der Waals surface area contributed by atoms with Crippen molar-refractivity contribution in [2.24, 2.45) is 5.73 Å². The number of benzene rings is 1. The Morgan fingerprint density at radius 2 is 2.06 bits per heavy atom. The van der Waals surface area contributed by atoms with Gasteiger partial charge in [0.1, 0.15) is 5.82 Å². The molecule has 1 atom stereocenters. The minimum Gasteiger partial charge on any atom is -0.320 e. The van der Waals surface area contributed by atoms with Gasteiger partial charge < -0.3 is 5.73 Å². The summed E-state index contributed by atoms with van der Waals surface area (Å²) in [5, 5.41) is 0. The van der Waals surface area contributed by atoms with Gasteiger partial charge >= 0.3 is 0 Å². The third-order valence-electron chi connectivity index (χ3n) is 2.48. The third kappa shape index (κ3) is 2.26. The van der Waals surface area contributed by atoms with Crippen LogP contribution >= 0.6 is 22.9 Å². The summed E-state index contributed by atoms with van der Waals surface area (Å²) in [6.07, 6.45) is 0. The zero-order valence-electron chi connectivity index (χ0n) is 8.71. The van der Waals surface area contributed by atoms with Crippen molar-refractivity contribution < 1.29 is 4.39 Å². The van der Waals surface area contributed by atoms with Crippen molar-refractivity contribution in [1.82, 2.24) is 0 Å². The molecule has 2 N–H and O–H groups in total. The van der Waals surface area contributed by atoms with E-state index in [4.69, 9.17) is 17.3 Å². The standard InChI is InChI=1S/C12H11ClFNS/c1-7-2-3-8(14)6-9(7)12(15)10-4-5-11(13)16-10/h2-6,12H,15H2,1H3. The molecule has 0 bridgehead atoms. The molecule has 0 aliphatic heterocycles. The van der Waals surface area contributed by atoms with Crippen molar-refractivity contribution in [3.8, 4) is 0 Å². The van der Waals surface area contributed by atoms with Gasteiger partial charge in [-0.15, -0.1) is 11.3 Å². The minimum atomic E-state index is -0.312. The van der Waals surface area contributed by atoms with Gasteiger partial charge in [0.25, 0.3) is 0 Å². The molecule has 1 unspecified atom stereocenters. The summed E-state index contributed by atoms with van der Waals surface area (Å²) < 4.78 is 13.8. The van der Waals surface area contributed by atoms with Crippen molar-refractivity contribution in [1.29, 1.82) is 0 Å². The highest BCUT2D eigenvalue weighted by molar-refractivity contribution is 7.16. The Labute approximate surface area is 103 Å². The van der Waals surface area contributed by atoms with Gasteiger partial charge in [-0.2, -0.15) is 0 Å². The molecule has 0 radical (unpaired) electrons. The molecular weight excluding hydrogens is 245 g/mol. The van der Waals surface area contributed by atoms with E-state index in [1.807, 2.05) is 13.0 Å². The Hall–Kier alpha value is -0.900. The third-order valence-corrected chi connectivity index (χ3v) is 3.79. The number of hydrogen-bond acceptors (Lipinski definition) is 2. The maximum absolute atomic E-state index is 13.2. The average Bonchev–Trinajstić information content (AvgIpc) is 2.67. The van der Waals surface area contributed by atoms with Crippen molar-refractivity contribution in [3.63, 3.8) is 0 Å². The first-order valence-electron chi connectivity index (χ1n) is 4.85. The van der Waals surface area contributed by atoms with Crippen molar-refractivity contribution in [2.75, 3.05) is 0 Å². The van der Waals surface area contributed by atoms with Gasteiger partial charge in [0.2, 0.25) is 0 Å². The smallest absolute Gasteiger partial charge is 0.123 e. The van der Waals surface area contributed by atoms with Gasteiger partial charge in [-0.3, -0.25) is 0 Å². The average molecular weight is 256 g/mol. The van der Waals surface area contributed by atoms with Gasteiger partial charge in [-0.05, 0) is 42.3 Å². The molecule has 0 aliphatic carbocycles. The maximum atomic E-state index is 13.2. The number of halogens is 2. The molecule has 0 saturated carbocycles. The van der Waals surface area contributed by atoms with E-state index in [9.17, 15) is 4.39 Å². The molecule has 1 aromatic heterocycles. The first kappa shape index (κ1) is 11.6. The predicted molar refractivity (Wildman–Crippen MR) is 66.5 cm³/mol. The minimum absolute atomic E-state index is 0.265. The van der Waals surface area contributed by atoms with Gasteiger partial charge in [0.15, 0.2) is 0 Å². The highest BCUT2D eigenvalue weighted by atomic mass is 35.5. The van der Waals surface area contributed by atoms with Crippen LogP contribution in [0.1, 0.15) is 22.0 Å². The fourth-order valence-electron chi connectivity index (χ4n) is 1.60. The summed E-state index contributed by atoms with van der Waals surface area (Å²) in [5.74, 6) is -0.265. The molecule has 2 rings (SSSR count). The highest BCUT2D eigenvalue weighted by Gasteiger charge is 2.14. The lowest BCUT2D eigenvalue weighted by molar-refractivity contribution is 0.623. The van der Waals surface area contributed by atoms with Crippen LogP contribution in [-0.4, -0.2) is 0 Å². The second kappa shape index (κ2) is 4.53. The van der Waals surface area contributed by atoms with Crippen LogP contribution in [0.3, 0.4) is 0 Å². The molecule has 0 aliphatic rings. The van der Waals surface area contributed by atoms with E-state index in [1.54, 1.807) is 12.1 Å². The van der Waals surface area contributed by atoms with E-state index >= 15 is 0 Å². The van der Waals surface area contributed by atoms with E-state index in [2.05, 4.69) is 0 Å². The SMILES string of the molecule is Cc1ccc(F)cc1C(N)c1ccc(Cl)s1. The number of nitrogens with two attached hydrogens (primary N) is 1. The molecule has 1 heterocycles. The zero-order valence-corrected chi connectivity index (χ0v) is 10.3. The number of rotatable bonds is 2. The summed E-state index contributed by atoms with van der Waals surface area (Å²) in [6, 6.07) is 8.02. The lowest BCUT2D eigenvalue weighted by Crippen LogP contribution is -2.12. The summed E-state index contributed by atoms with van der Waals surface area (Å²) >= 11 is 7.28. The highest BCUT2D eigenvalue weighted by Crippen LogP contribution is 2.30. The molecule has 0 saturated heterocycles. The van der Waals surface area contributed by atoms with Crippen LogP contribution in [0.15, 0.2) is 30.3 Å². The summed E-state index contributed by atoms with van der Waals surface area (Å²) in [7, 11) is 0. The van der Waals surface area contributed by atoms with Crippen LogP contribution in [0.4, 0.5) is 4.39 Å². The summed E-state index contributed by atoms with van der Waals surface area (Å²) in [6.45, 7) is 1.92. The topological polar surface area (TPSA) is 26.0 Å². The van der Waals surface area contributed by atoms with Gasteiger partial charge in [0.05, 0.1) is 10.4 Å². The van der Waals surface area contributed by atoms with Gasteiger partial charge in [0, 0.05) is 4.88 Å². The molecule has 0 amide bonds. The maximum Gasteiger partial charge on any atom is 0.123 e. The van der Waals surface area contributed by atoms with E-state index in [-0.39, 0.29) is 11.9 Å². The number of hydrogen-bond donors (Lipinski definition) is 1. The van der Waals surface area contributed by atoms with Crippen LogP contribution in [0, 0.1) is 12.7 Å². The molecule has 0 fully saturated rings. The molecule has 1 nitrogen and oxygen atoms in total. The lowest BCUT2D eigenvalue weighted by Gasteiger charge is -2.13. The first-order chi connectivity index (χ1) is 7.58. The largest absolute Gasteiger partial charge is 0.320 e. The van der Waals surface area contributed by atoms with E-state index < -0.39 is 0 Å². The Bertz CT molecular complexity index is 509. The fraction of sp³-hybridized carbons (Fsp3) is 0.167. The Morgan fingerprint density at radius 3 is 2.69 bits per heavy atom. The van der Waals surface area contributed by atoms with Crippen LogP contribution in [0.25, 0.3) is 0 Å². The lowest BCUT2D eigenvalue weighted by atomic mass is 10.0. The molecule has 2 aromatic rings. The summed E-state index contributed by atoms with van der Waals surface area (Å²) in [5.41, 5.74) is 7.87. The molecule has 84 valence electrons. The number of aryl methyl sites for hydroxylation is 1. The van der Waals surface area contributed by atoms with Gasteiger partial charge in [-0.1, -0.05) is 17.7 Å². The zero-order chi connectivity index (χ0) is 11.7. The second-order valence-electron chi connectivity index (χ2n) is 3.62. The van der Waals surface area contributed by atoms with E-state index in [1.165, 1.54) is 23.5 Å². The van der Waals surface area contributed by atoms with Gasteiger partial charge in [-0.25, -0.2) is 4.39 Å². The van der Waals surface area contributed by atoms with Crippen LogP contribution < -0.4 is 5.73 Å².